The van der Waals surface area contributed by atoms with Gasteiger partial charge < -0.3 is 18.9 Å². The summed E-state index contributed by atoms with van der Waals surface area (Å²) in [7, 11) is 1.40. The molecule has 1 aromatic carbocycles. The molecule has 3 fully saturated rings. The number of imidazole rings is 1. The first-order valence-corrected chi connectivity index (χ1v) is 13.9. The maximum atomic E-state index is 15.4. The Balaban J connectivity index is 1.30. The molecule has 8 heteroatoms. The highest BCUT2D eigenvalue weighted by molar-refractivity contribution is 5.95. The third-order valence-corrected chi connectivity index (χ3v) is 8.47. The van der Waals surface area contributed by atoms with Gasteiger partial charge in [0.1, 0.15) is 11.5 Å². The van der Waals surface area contributed by atoms with Crippen LogP contribution in [0.3, 0.4) is 0 Å². The predicted octanol–water partition coefficient (Wildman–Crippen LogP) is 5.42. The topological polar surface area (TPSA) is 67.2 Å². The molecule has 2 aliphatic heterocycles. The fourth-order valence-electron chi connectivity index (χ4n) is 6.07. The van der Waals surface area contributed by atoms with Gasteiger partial charge in [0.05, 0.1) is 24.3 Å². The number of carbonyl (C=O) groups is 2. The van der Waals surface area contributed by atoms with E-state index in [1.54, 1.807) is 6.07 Å². The van der Waals surface area contributed by atoms with E-state index in [1.165, 1.54) is 19.6 Å². The van der Waals surface area contributed by atoms with E-state index in [9.17, 15) is 9.59 Å². The lowest BCUT2D eigenvalue weighted by Crippen LogP contribution is -2.38. The van der Waals surface area contributed by atoms with Crippen LogP contribution in [0.4, 0.5) is 10.1 Å². The van der Waals surface area contributed by atoms with E-state index >= 15 is 4.39 Å². The molecule has 0 N–H and O–H groups in total. The third-order valence-electron chi connectivity index (χ3n) is 8.47. The SMILES string of the molecule is COC(=O)[C@H]1CCN(c2ccc(-c3cn4cc(C(=O)N5CCCCC[C@H]5C)cc(C5CC5)c4n3)c(F)c2)C1. The summed E-state index contributed by atoms with van der Waals surface area (Å²) in [5, 5.41) is 0. The van der Waals surface area contributed by atoms with Crippen molar-refractivity contribution >= 4 is 23.2 Å². The number of likely N-dealkylation sites (tertiary alicyclic amines) is 1. The number of nitrogens with zero attached hydrogens (tertiary/aromatic N) is 4. The molecular formula is C30H35FN4O3. The molecular weight excluding hydrogens is 483 g/mol. The fraction of sp³-hybridized carbons (Fsp3) is 0.500. The van der Waals surface area contributed by atoms with Crippen molar-refractivity contribution in [1.82, 2.24) is 14.3 Å². The molecule has 1 saturated carbocycles. The van der Waals surface area contributed by atoms with Crippen molar-refractivity contribution in [3.8, 4) is 11.3 Å². The average molecular weight is 519 g/mol. The zero-order valence-corrected chi connectivity index (χ0v) is 22.2. The van der Waals surface area contributed by atoms with Crippen LogP contribution in [0.25, 0.3) is 16.9 Å². The lowest BCUT2D eigenvalue weighted by molar-refractivity contribution is -0.144. The third kappa shape index (κ3) is 4.65. The molecule has 38 heavy (non-hydrogen) atoms. The van der Waals surface area contributed by atoms with E-state index in [-0.39, 0.29) is 29.7 Å². The maximum Gasteiger partial charge on any atom is 0.310 e. The summed E-state index contributed by atoms with van der Waals surface area (Å²) in [6, 6.07) is 7.43. The van der Waals surface area contributed by atoms with Crippen molar-refractivity contribution in [2.45, 2.75) is 63.8 Å². The second-order valence-corrected chi connectivity index (χ2v) is 11.1. The standard InChI is InChI=1S/C30H35FN4O3/c1-19-6-4-3-5-12-35(19)29(36)22-14-25(20-7-8-20)28-32-27(18-34(28)17-22)24-10-9-23(15-26(24)31)33-13-11-21(16-33)30(37)38-2/h9-10,14-15,17-21H,3-8,11-13,16H2,1-2H3/t19-,21+/m1/s1. The maximum absolute atomic E-state index is 15.4. The molecule has 6 rings (SSSR count). The number of anilines is 1. The number of benzene rings is 1. The van der Waals surface area contributed by atoms with Gasteiger partial charge in [-0.3, -0.25) is 9.59 Å². The van der Waals surface area contributed by atoms with Gasteiger partial charge in [0, 0.05) is 49.3 Å². The summed E-state index contributed by atoms with van der Waals surface area (Å²) in [6.45, 7) is 4.14. The van der Waals surface area contributed by atoms with Crippen LogP contribution in [0.15, 0.2) is 36.7 Å². The Morgan fingerprint density at radius 2 is 1.87 bits per heavy atom. The Morgan fingerprint density at radius 1 is 1.03 bits per heavy atom. The van der Waals surface area contributed by atoms with E-state index in [4.69, 9.17) is 9.72 Å². The molecule has 200 valence electrons. The van der Waals surface area contributed by atoms with Gasteiger partial charge in [0.2, 0.25) is 0 Å². The minimum atomic E-state index is -0.352. The number of methoxy groups -OCH3 is 1. The number of ether oxygens (including phenoxy) is 1. The number of carbonyl (C=O) groups excluding carboxylic acids is 2. The fourth-order valence-corrected chi connectivity index (χ4v) is 6.07. The van der Waals surface area contributed by atoms with Gasteiger partial charge in [-0.1, -0.05) is 12.8 Å². The second kappa shape index (κ2) is 10.0. The largest absolute Gasteiger partial charge is 0.469 e. The molecule has 0 bridgehead atoms. The molecule has 3 aromatic rings. The van der Waals surface area contributed by atoms with Crippen molar-refractivity contribution in [3.63, 3.8) is 0 Å². The number of amides is 1. The highest BCUT2D eigenvalue weighted by Gasteiger charge is 2.31. The van der Waals surface area contributed by atoms with Crippen LogP contribution >= 0.6 is 0 Å². The lowest BCUT2D eigenvalue weighted by atomic mass is 10.1. The van der Waals surface area contributed by atoms with E-state index in [2.05, 4.69) is 6.92 Å². The van der Waals surface area contributed by atoms with Gasteiger partial charge in [-0.15, -0.1) is 0 Å². The highest BCUT2D eigenvalue weighted by Crippen LogP contribution is 2.43. The summed E-state index contributed by atoms with van der Waals surface area (Å²) in [4.78, 5) is 34.4. The molecule has 0 radical (unpaired) electrons. The first kappa shape index (κ1) is 24.9. The van der Waals surface area contributed by atoms with Gasteiger partial charge in [-0.05, 0) is 74.8 Å². The summed E-state index contributed by atoms with van der Waals surface area (Å²) in [5.74, 6) is -0.285. The van der Waals surface area contributed by atoms with Crippen LogP contribution in [0.5, 0.6) is 0 Å². The number of fused-ring (bicyclic) bond motifs is 1. The van der Waals surface area contributed by atoms with Crippen molar-refractivity contribution < 1.29 is 18.7 Å². The molecule has 7 nitrogen and oxygen atoms in total. The quantitative estimate of drug-likeness (QED) is 0.422. The monoisotopic (exact) mass is 518 g/mol. The number of aromatic nitrogens is 2. The molecule has 1 amide bonds. The van der Waals surface area contributed by atoms with Crippen LogP contribution in [-0.4, -0.2) is 58.9 Å². The number of rotatable bonds is 5. The van der Waals surface area contributed by atoms with Crippen molar-refractivity contribution in [2.75, 3.05) is 31.6 Å². The van der Waals surface area contributed by atoms with Gasteiger partial charge in [0.25, 0.3) is 5.91 Å². The minimum Gasteiger partial charge on any atom is -0.469 e. The first-order chi connectivity index (χ1) is 18.4. The zero-order chi connectivity index (χ0) is 26.4. The Labute approximate surface area is 222 Å². The highest BCUT2D eigenvalue weighted by atomic mass is 19.1. The molecule has 2 saturated heterocycles. The Kier molecular flexibility index (Phi) is 6.58. The van der Waals surface area contributed by atoms with E-state index < -0.39 is 0 Å². The molecule has 2 atom stereocenters. The van der Waals surface area contributed by atoms with E-state index in [1.807, 2.05) is 38.7 Å². The van der Waals surface area contributed by atoms with Crippen molar-refractivity contribution in [2.24, 2.45) is 5.92 Å². The molecule has 2 aromatic heterocycles. The first-order valence-electron chi connectivity index (χ1n) is 13.9. The van der Waals surface area contributed by atoms with Crippen LogP contribution in [-0.2, 0) is 9.53 Å². The number of esters is 1. The normalized spacial score (nSPS) is 22.1. The second-order valence-electron chi connectivity index (χ2n) is 11.1. The predicted molar refractivity (Wildman–Crippen MR) is 144 cm³/mol. The lowest BCUT2D eigenvalue weighted by Gasteiger charge is -2.27. The minimum absolute atomic E-state index is 0.0739. The summed E-state index contributed by atoms with van der Waals surface area (Å²) >= 11 is 0. The van der Waals surface area contributed by atoms with Crippen LogP contribution in [0.1, 0.15) is 73.7 Å². The summed E-state index contributed by atoms with van der Waals surface area (Å²) in [5.41, 5.74) is 4.29. The summed E-state index contributed by atoms with van der Waals surface area (Å²) in [6.07, 6.45) is 11.0. The molecule has 0 unspecified atom stereocenters. The van der Waals surface area contributed by atoms with Gasteiger partial charge in [-0.2, -0.15) is 0 Å². The smallest absolute Gasteiger partial charge is 0.310 e. The molecule has 4 heterocycles. The number of pyridine rings is 1. The van der Waals surface area contributed by atoms with Gasteiger partial charge in [0.15, 0.2) is 0 Å². The Morgan fingerprint density at radius 3 is 2.63 bits per heavy atom. The number of halogens is 1. The zero-order valence-electron chi connectivity index (χ0n) is 22.2. The van der Waals surface area contributed by atoms with Crippen molar-refractivity contribution in [1.29, 1.82) is 0 Å². The molecule has 3 aliphatic rings. The van der Waals surface area contributed by atoms with E-state index in [0.717, 1.165) is 55.5 Å². The Bertz CT molecular complexity index is 1380. The average Bonchev–Trinajstić information content (AvgIpc) is 3.55. The summed E-state index contributed by atoms with van der Waals surface area (Å²) < 4.78 is 22.2. The molecule has 1 aliphatic carbocycles. The van der Waals surface area contributed by atoms with Crippen molar-refractivity contribution in [3.05, 3.63) is 53.6 Å². The van der Waals surface area contributed by atoms with Gasteiger partial charge >= 0.3 is 5.97 Å². The van der Waals surface area contributed by atoms with Crippen LogP contribution < -0.4 is 4.90 Å². The number of hydrogen-bond acceptors (Lipinski definition) is 5. The van der Waals surface area contributed by atoms with Crippen LogP contribution in [0.2, 0.25) is 0 Å². The van der Waals surface area contributed by atoms with E-state index in [0.29, 0.717) is 42.2 Å². The molecule has 0 spiro atoms. The Hall–Kier alpha value is -3.42. The van der Waals surface area contributed by atoms with Crippen LogP contribution in [0, 0.1) is 11.7 Å². The van der Waals surface area contributed by atoms with Gasteiger partial charge in [-0.25, -0.2) is 9.37 Å². The number of hydrogen-bond donors (Lipinski definition) is 0.